The van der Waals surface area contributed by atoms with Crippen molar-refractivity contribution in [1.29, 1.82) is 0 Å². The summed E-state index contributed by atoms with van der Waals surface area (Å²) in [4.78, 5) is 27.9. The summed E-state index contributed by atoms with van der Waals surface area (Å²) in [5.41, 5.74) is 4.19. The monoisotopic (exact) mass is 426 g/mol. The number of nitrogens with one attached hydrogen (secondary N) is 1. The summed E-state index contributed by atoms with van der Waals surface area (Å²) in [7, 11) is 0. The summed E-state index contributed by atoms with van der Waals surface area (Å²) in [5, 5.41) is 3.79. The van der Waals surface area contributed by atoms with Gasteiger partial charge in [-0.3, -0.25) is 9.59 Å². The Morgan fingerprint density at radius 2 is 1.63 bits per heavy atom. The molecule has 0 aromatic heterocycles. The minimum absolute atomic E-state index is 0.0518. The van der Waals surface area contributed by atoms with Crippen LogP contribution >= 0.6 is 11.6 Å². The van der Waals surface area contributed by atoms with Crippen molar-refractivity contribution in [2.75, 3.05) is 0 Å². The minimum Gasteiger partial charge on any atom is -0.352 e. The molecule has 2 aromatic carbocycles. The van der Waals surface area contributed by atoms with Crippen molar-refractivity contribution >= 4 is 23.4 Å². The molecule has 160 valence electrons. The maximum absolute atomic E-state index is 13.3. The van der Waals surface area contributed by atoms with Gasteiger partial charge in [-0.2, -0.15) is 0 Å². The van der Waals surface area contributed by atoms with E-state index in [4.69, 9.17) is 11.6 Å². The van der Waals surface area contributed by atoms with E-state index >= 15 is 0 Å². The highest BCUT2D eigenvalue weighted by molar-refractivity contribution is 6.30. The standard InChI is InChI=1S/C25H31ClN2O2/c1-17-12-18(2)14-21(13-17)15-24(29)28(16-20-8-10-22(26)11-9-20)19(3)25(30)27-23-6-4-5-7-23/h8-14,19,23H,4-7,15-16H2,1-3H3,(H,27,30)/t19-/m1/s1. The normalized spacial score (nSPS) is 15.1. The van der Waals surface area contributed by atoms with Gasteiger partial charge >= 0.3 is 0 Å². The van der Waals surface area contributed by atoms with Gasteiger partial charge in [0.1, 0.15) is 6.04 Å². The summed E-state index contributed by atoms with van der Waals surface area (Å²) < 4.78 is 0. The molecule has 4 nitrogen and oxygen atoms in total. The Balaban J connectivity index is 1.78. The van der Waals surface area contributed by atoms with E-state index in [0.717, 1.165) is 47.9 Å². The summed E-state index contributed by atoms with van der Waals surface area (Å²) in [5.74, 6) is -0.131. The Kier molecular flexibility index (Phi) is 7.54. The zero-order chi connectivity index (χ0) is 21.7. The molecule has 3 rings (SSSR count). The molecule has 1 fully saturated rings. The van der Waals surface area contributed by atoms with Crippen LogP contribution in [0.4, 0.5) is 0 Å². The zero-order valence-electron chi connectivity index (χ0n) is 18.1. The Morgan fingerprint density at radius 3 is 2.23 bits per heavy atom. The van der Waals surface area contributed by atoms with Gasteiger partial charge in [-0.05, 0) is 56.9 Å². The SMILES string of the molecule is Cc1cc(C)cc(CC(=O)N(Cc2ccc(Cl)cc2)[C@H](C)C(=O)NC2CCCC2)c1. The topological polar surface area (TPSA) is 49.4 Å². The molecule has 0 aliphatic heterocycles. The molecule has 1 aliphatic carbocycles. The summed E-state index contributed by atoms with van der Waals surface area (Å²) in [6.07, 6.45) is 4.62. The molecular weight excluding hydrogens is 396 g/mol. The van der Waals surface area contributed by atoms with Gasteiger partial charge in [0.25, 0.3) is 0 Å². The third-order valence-electron chi connectivity index (χ3n) is 5.77. The maximum Gasteiger partial charge on any atom is 0.242 e. The first-order chi connectivity index (χ1) is 14.3. The van der Waals surface area contributed by atoms with Gasteiger partial charge in [0.05, 0.1) is 6.42 Å². The number of hydrogen-bond donors (Lipinski definition) is 1. The summed E-state index contributed by atoms with van der Waals surface area (Å²) >= 11 is 6.01. The van der Waals surface area contributed by atoms with Crippen LogP contribution in [-0.2, 0) is 22.6 Å². The lowest BCUT2D eigenvalue weighted by molar-refractivity contribution is -0.140. The van der Waals surface area contributed by atoms with Crippen LogP contribution in [0, 0.1) is 13.8 Å². The number of amides is 2. The lowest BCUT2D eigenvalue weighted by Gasteiger charge is -2.30. The molecule has 5 heteroatoms. The van der Waals surface area contributed by atoms with E-state index in [1.165, 1.54) is 0 Å². The van der Waals surface area contributed by atoms with E-state index in [1.807, 2.05) is 57.2 Å². The highest BCUT2D eigenvalue weighted by atomic mass is 35.5. The predicted molar refractivity (Wildman–Crippen MR) is 121 cm³/mol. The van der Waals surface area contributed by atoms with E-state index in [-0.39, 0.29) is 24.3 Å². The number of aryl methyl sites for hydroxylation is 2. The van der Waals surface area contributed by atoms with Crippen LogP contribution in [0.15, 0.2) is 42.5 Å². The number of carbonyl (C=O) groups excluding carboxylic acids is 2. The average molecular weight is 427 g/mol. The highest BCUT2D eigenvalue weighted by Gasteiger charge is 2.28. The largest absolute Gasteiger partial charge is 0.352 e. The molecule has 1 saturated carbocycles. The van der Waals surface area contributed by atoms with Crippen LogP contribution in [0.3, 0.4) is 0 Å². The van der Waals surface area contributed by atoms with E-state index < -0.39 is 6.04 Å². The lowest BCUT2D eigenvalue weighted by Crippen LogP contribution is -2.50. The molecule has 0 heterocycles. The van der Waals surface area contributed by atoms with Crippen LogP contribution in [0.1, 0.15) is 54.9 Å². The van der Waals surface area contributed by atoms with Gasteiger partial charge in [-0.15, -0.1) is 0 Å². The second kappa shape index (κ2) is 10.1. The molecule has 0 radical (unpaired) electrons. The first-order valence-corrected chi connectivity index (χ1v) is 11.1. The number of rotatable bonds is 7. The molecule has 1 aliphatic rings. The third kappa shape index (κ3) is 6.09. The van der Waals surface area contributed by atoms with E-state index in [2.05, 4.69) is 11.4 Å². The molecular formula is C25H31ClN2O2. The van der Waals surface area contributed by atoms with Crippen LogP contribution in [0.5, 0.6) is 0 Å². The number of halogens is 1. The molecule has 30 heavy (non-hydrogen) atoms. The van der Waals surface area contributed by atoms with Crippen molar-refractivity contribution < 1.29 is 9.59 Å². The van der Waals surface area contributed by atoms with Gasteiger partial charge in [0.15, 0.2) is 0 Å². The Morgan fingerprint density at radius 1 is 1.03 bits per heavy atom. The van der Waals surface area contributed by atoms with Crippen molar-refractivity contribution in [1.82, 2.24) is 10.2 Å². The average Bonchev–Trinajstić information content (AvgIpc) is 3.19. The first kappa shape index (κ1) is 22.4. The van der Waals surface area contributed by atoms with Gasteiger partial charge in [0, 0.05) is 17.6 Å². The van der Waals surface area contributed by atoms with Crippen molar-refractivity contribution in [3.63, 3.8) is 0 Å². The first-order valence-electron chi connectivity index (χ1n) is 10.7. The fourth-order valence-electron chi connectivity index (χ4n) is 4.21. The van der Waals surface area contributed by atoms with Gasteiger partial charge in [-0.1, -0.05) is 65.9 Å². The predicted octanol–water partition coefficient (Wildman–Crippen LogP) is 4.98. The molecule has 0 bridgehead atoms. The summed E-state index contributed by atoms with van der Waals surface area (Å²) in [6.45, 7) is 6.26. The zero-order valence-corrected chi connectivity index (χ0v) is 18.8. The molecule has 2 amide bonds. The minimum atomic E-state index is -0.542. The molecule has 0 unspecified atom stereocenters. The van der Waals surface area contributed by atoms with Crippen LogP contribution in [0.25, 0.3) is 0 Å². The lowest BCUT2D eigenvalue weighted by atomic mass is 10.0. The van der Waals surface area contributed by atoms with Crippen molar-refractivity contribution in [3.05, 3.63) is 69.7 Å². The number of hydrogen-bond acceptors (Lipinski definition) is 2. The van der Waals surface area contributed by atoms with Crippen molar-refractivity contribution in [2.24, 2.45) is 0 Å². The Labute approximate surface area is 184 Å². The maximum atomic E-state index is 13.3. The highest BCUT2D eigenvalue weighted by Crippen LogP contribution is 2.20. The molecule has 0 saturated heterocycles. The van der Waals surface area contributed by atoms with Gasteiger partial charge in [0.2, 0.25) is 11.8 Å². The fourth-order valence-corrected chi connectivity index (χ4v) is 4.33. The Bertz CT molecular complexity index is 868. The second-order valence-electron chi connectivity index (χ2n) is 8.49. The number of nitrogens with zero attached hydrogens (tertiary/aromatic N) is 1. The molecule has 1 N–H and O–H groups in total. The van der Waals surface area contributed by atoms with Crippen molar-refractivity contribution in [2.45, 2.75) is 71.5 Å². The van der Waals surface area contributed by atoms with E-state index in [0.29, 0.717) is 11.6 Å². The third-order valence-corrected chi connectivity index (χ3v) is 6.02. The van der Waals surface area contributed by atoms with Gasteiger partial charge in [-0.25, -0.2) is 0 Å². The van der Waals surface area contributed by atoms with Crippen LogP contribution in [-0.4, -0.2) is 28.8 Å². The van der Waals surface area contributed by atoms with E-state index in [9.17, 15) is 9.59 Å². The molecule has 1 atom stereocenters. The number of benzene rings is 2. The van der Waals surface area contributed by atoms with E-state index in [1.54, 1.807) is 4.90 Å². The fraction of sp³-hybridized carbons (Fsp3) is 0.440. The summed E-state index contributed by atoms with van der Waals surface area (Å²) in [6, 6.07) is 13.3. The smallest absolute Gasteiger partial charge is 0.242 e. The van der Waals surface area contributed by atoms with Crippen molar-refractivity contribution in [3.8, 4) is 0 Å². The van der Waals surface area contributed by atoms with Crippen LogP contribution < -0.4 is 5.32 Å². The quantitative estimate of drug-likeness (QED) is 0.679. The number of carbonyl (C=O) groups is 2. The Hall–Kier alpha value is -2.33. The van der Waals surface area contributed by atoms with Crippen LogP contribution in [0.2, 0.25) is 5.02 Å². The second-order valence-corrected chi connectivity index (χ2v) is 8.92. The molecule has 2 aromatic rings. The molecule has 0 spiro atoms. The van der Waals surface area contributed by atoms with Gasteiger partial charge < -0.3 is 10.2 Å².